The fourth-order valence-electron chi connectivity index (χ4n) is 2.34. The maximum atomic E-state index is 13.1. The molecule has 140 valence electrons. The molecule has 0 aliphatic heterocycles. The second kappa shape index (κ2) is 7.97. The van der Waals surface area contributed by atoms with Crippen LogP contribution in [0.5, 0.6) is 0 Å². The fraction of sp³-hybridized carbons (Fsp3) is 0.316. The lowest BCUT2D eigenvalue weighted by Crippen LogP contribution is -2.40. The van der Waals surface area contributed by atoms with Gasteiger partial charge in [0.2, 0.25) is 15.9 Å². The molecule has 7 heteroatoms. The second-order valence-corrected chi connectivity index (χ2v) is 8.74. The van der Waals surface area contributed by atoms with Crippen molar-refractivity contribution in [1.82, 2.24) is 4.72 Å². The Balaban J connectivity index is 1.94. The average Bonchev–Trinajstić information content (AvgIpc) is 2.51. The molecule has 0 unspecified atom stereocenters. The van der Waals surface area contributed by atoms with Gasteiger partial charge in [0.1, 0.15) is 5.82 Å². The van der Waals surface area contributed by atoms with Gasteiger partial charge in [0.15, 0.2) is 0 Å². The smallest absolute Gasteiger partial charge is 0.241 e. The van der Waals surface area contributed by atoms with Crippen LogP contribution in [0.25, 0.3) is 0 Å². The first-order valence-electron chi connectivity index (χ1n) is 8.23. The highest BCUT2D eigenvalue weighted by Gasteiger charge is 2.21. The Kier molecular flexibility index (Phi) is 6.15. The Hall–Kier alpha value is -2.25. The SMILES string of the molecule is CC(C)(C)NS(=O)(=O)c1ccc(CCC(=O)Nc2cccc(F)c2)cc1. The van der Waals surface area contributed by atoms with Gasteiger partial charge in [0, 0.05) is 17.6 Å². The van der Waals surface area contributed by atoms with Crippen LogP contribution in [0.4, 0.5) is 10.1 Å². The molecule has 0 heterocycles. The minimum absolute atomic E-state index is 0.181. The van der Waals surface area contributed by atoms with Crippen LogP contribution in [0.2, 0.25) is 0 Å². The molecule has 0 radical (unpaired) electrons. The van der Waals surface area contributed by atoms with Crippen molar-refractivity contribution in [2.45, 2.75) is 44.0 Å². The quantitative estimate of drug-likeness (QED) is 0.808. The van der Waals surface area contributed by atoms with Gasteiger partial charge in [-0.3, -0.25) is 4.79 Å². The summed E-state index contributed by atoms with van der Waals surface area (Å²) in [6, 6.07) is 12.1. The van der Waals surface area contributed by atoms with Crippen LogP contribution in [-0.2, 0) is 21.2 Å². The van der Waals surface area contributed by atoms with E-state index in [-0.39, 0.29) is 17.2 Å². The molecular weight excluding hydrogens is 355 g/mol. The van der Waals surface area contributed by atoms with Crippen molar-refractivity contribution in [1.29, 1.82) is 0 Å². The zero-order valence-corrected chi connectivity index (χ0v) is 15.9. The van der Waals surface area contributed by atoms with Crippen LogP contribution in [0.1, 0.15) is 32.8 Å². The summed E-state index contributed by atoms with van der Waals surface area (Å²) in [5.74, 6) is -0.648. The third-order valence-corrected chi connectivity index (χ3v) is 5.20. The van der Waals surface area contributed by atoms with Crippen LogP contribution >= 0.6 is 0 Å². The average molecular weight is 378 g/mol. The van der Waals surface area contributed by atoms with Crippen molar-refractivity contribution in [2.24, 2.45) is 0 Å². The minimum atomic E-state index is -3.58. The number of halogens is 1. The van der Waals surface area contributed by atoms with Gasteiger partial charge in [0.05, 0.1) is 4.90 Å². The summed E-state index contributed by atoms with van der Waals surface area (Å²) < 4.78 is 40.2. The molecule has 0 aliphatic carbocycles. The lowest BCUT2D eigenvalue weighted by Gasteiger charge is -2.20. The van der Waals surface area contributed by atoms with E-state index in [1.54, 1.807) is 39.0 Å². The van der Waals surface area contributed by atoms with Gasteiger partial charge in [-0.15, -0.1) is 0 Å². The van der Waals surface area contributed by atoms with Crippen molar-refractivity contribution in [3.63, 3.8) is 0 Å². The number of aryl methyl sites for hydroxylation is 1. The normalized spacial score (nSPS) is 12.0. The summed E-state index contributed by atoms with van der Waals surface area (Å²) >= 11 is 0. The van der Waals surface area contributed by atoms with Crippen LogP contribution in [0.15, 0.2) is 53.4 Å². The molecule has 5 nitrogen and oxygen atoms in total. The number of hydrogen-bond acceptors (Lipinski definition) is 3. The third-order valence-electron chi connectivity index (χ3n) is 3.42. The van der Waals surface area contributed by atoms with Crippen LogP contribution in [0.3, 0.4) is 0 Å². The predicted octanol–water partition coefficient (Wildman–Crippen LogP) is 3.47. The Morgan fingerprint density at radius 1 is 1.08 bits per heavy atom. The van der Waals surface area contributed by atoms with E-state index < -0.39 is 21.4 Å². The summed E-state index contributed by atoms with van der Waals surface area (Å²) in [4.78, 5) is 12.1. The van der Waals surface area contributed by atoms with Gasteiger partial charge in [-0.25, -0.2) is 17.5 Å². The maximum absolute atomic E-state index is 13.1. The van der Waals surface area contributed by atoms with Gasteiger partial charge in [-0.2, -0.15) is 0 Å². The van der Waals surface area contributed by atoms with Gasteiger partial charge < -0.3 is 5.32 Å². The molecule has 0 bridgehead atoms. The van der Waals surface area contributed by atoms with Gasteiger partial charge >= 0.3 is 0 Å². The second-order valence-electron chi connectivity index (χ2n) is 7.06. The lowest BCUT2D eigenvalue weighted by atomic mass is 10.1. The molecule has 0 spiro atoms. The lowest BCUT2D eigenvalue weighted by molar-refractivity contribution is -0.116. The van der Waals surface area contributed by atoms with E-state index in [1.807, 2.05) is 0 Å². The van der Waals surface area contributed by atoms with Crippen molar-refractivity contribution >= 4 is 21.6 Å². The summed E-state index contributed by atoms with van der Waals surface area (Å²) in [6.07, 6.45) is 0.664. The standard InChI is InChI=1S/C19H23FN2O3S/c1-19(2,3)22-26(24,25)17-10-7-14(8-11-17)9-12-18(23)21-16-6-4-5-15(20)13-16/h4-8,10-11,13,22H,9,12H2,1-3H3,(H,21,23). The fourth-order valence-corrected chi connectivity index (χ4v) is 3.76. The van der Waals surface area contributed by atoms with E-state index in [0.717, 1.165) is 5.56 Å². The van der Waals surface area contributed by atoms with Gasteiger partial charge in [-0.1, -0.05) is 18.2 Å². The minimum Gasteiger partial charge on any atom is -0.326 e. The topological polar surface area (TPSA) is 75.3 Å². The van der Waals surface area contributed by atoms with E-state index in [1.165, 1.54) is 30.3 Å². The summed E-state index contributed by atoms with van der Waals surface area (Å²) in [6.45, 7) is 5.32. The van der Waals surface area contributed by atoms with Gasteiger partial charge in [0.25, 0.3) is 0 Å². The molecule has 0 fully saturated rings. The number of anilines is 1. The van der Waals surface area contributed by atoms with E-state index in [9.17, 15) is 17.6 Å². The van der Waals surface area contributed by atoms with Crippen molar-refractivity contribution in [3.05, 3.63) is 59.9 Å². The molecule has 2 aromatic rings. The monoisotopic (exact) mass is 378 g/mol. The highest BCUT2D eigenvalue weighted by Crippen LogP contribution is 2.15. The number of carbonyl (C=O) groups excluding carboxylic acids is 1. The number of nitrogens with one attached hydrogen (secondary N) is 2. The number of amides is 1. The molecule has 0 atom stereocenters. The molecule has 1 amide bonds. The number of carbonyl (C=O) groups is 1. The van der Waals surface area contributed by atoms with E-state index in [0.29, 0.717) is 12.1 Å². The highest BCUT2D eigenvalue weighted by atomic mass is 32.2. The third kappa shape index (κ3) is 6.24. The molecular formula is C19H23FN2O3S. The molecule has 26 heavy (non-hydrogen) atoms. The molecule has 2 N–H and O–H groups in total. The van der Waals surface area contributed by atoms with Crippen LogP contribution in [0, 0.1) is 5.82 Å². The van der Waals surface area contributed by atoms with Gasteiger partial charge in [-0.05, 0) is 63.1 Å². The first-order valence-corrected chi connectivity index (χ1v) is 9.72. The number of rotatable bonds is 6. The highest BCUT2D eigenvalue weighted by molar-refractivity contribution is 7.89. The molecule has 2 aromatic carbocycles. The largest absolute Gasteiger partial charge is 0.326 e. The summed E-state index contributed by atoms with van der Waals surface area (Å²) in [5, 5.41) is 2.63. The van der Waals surface area contributed by atoms with Crippen LogP contribution in [-0.4, -0.2) is 19.9 Å². The molecule has 0 saturated carbocycles. The van der Waals surface area contributed by atoms with Crippen molar-refractivity contribution in [2.75, 3.05) is 5.32 Å². The zero-order chi connectivity index (χ0) is 19.4. The predicted molar refractivity (Wildman–Crippen MR) is 99.9 cm³/mol. The number of hydrogen-bond donors (Lipinski definition) is 2. The summed E-state index contributed by atoms with van der Waals surface area (Å²) in [7, 11) is -3.58. The number of sulfonamides is 1. The molecule has 2 rings (SSSR count). The van der Waals surface area contributed by atoms with Crippen molar-refractivity contribution < 1.29 is 17.6 Å². The Bertz CT molecular complexity index is 872. The number of benzene rings is 2. The zero-order valence-electron chi connectivity index (χ0n) is 15.0. The van der Waals surface area contributed by atoms with E-state index >= 15 is 0 Å². The van der Waals surface area contributed by atoms with E-state index in [4.69, 9.17) is 0 Å². The molecule has 0 saturated heterocycles. The Labute approximate surface area is 153 Å². The van der Waals surface area contributed by atoms with E-state index in [2.05, 4.69) is 10.0 Å². The first-order chi connectivity index (χ1) is 12.0. The first kappa shape index (κ1) is 20.1. The summed E-state index contributed by atoms with van der Waals surface area (Å²) in [5.41, 5.74) is 0.686. The Morgan fingerprint density at radius 2 is 1.73 bits per heavy atom. The molecule has 0 aromatic heterocycles. The Morgan fingerprint density at radius 3 is 2.31 bits per heavy atom. The molecule has 0 aliphatic rings. The van der Waals surface area contributed by atoms with Crippen molar-refractivity contribution in [3.8, 4) is 0 Å². The van der Waals surface area contributed by atoms with Crippen LogP contribution < -0.4 is 10.0 Å². The maximum Gasteiger partial charge on any atom is 0.241 e.